The highest BCUT2D eigenvalue weighted by Crippen LogP contribution is 2.30. The van der Waals surface area contributed by atoms with Gasteiger partial charge in [0.2, 0.25) is 0 Å². The van der Waals surface area contributed by atoms with Crippen LogP contribution in [0.5, 0.6) is 5.75 Å². The van der Waals surface area contributed by atoms with Crippen LogP contribution < -0.4 is 10.5 Å². The molecule has 0 bridgehead atoms. The van der Waals surface area contributed by atoms with Crippen LogP contribution in [0.2, 0.25) is 0 Å². The van der Waals surface area contributed by atoms with E-state index in [0.717, 1.165) is 24.2 Å². The molecule has 2 rings (SSSR count). The first-order valence-electron chi connectivity index (χ1n) is 4.92. The Morgan fingerprint density at radius 1 is 1.60 bits per heavy atom. The first kappa shape index (κ1) is 9.83. The number of hydrogen-bond acceptors (Lipinski definition) is 3. The molecule has 1 aromatic rings. The number of nitrogen functional groups attached to an aromatic ring is 1. The molecule has 1 aromatic carbocycles. The van der Waals surface area contributed by atoms with Crippen molar-refractivity contribution in [2.24, 2.45) is 0 Å². The summed E-state index contributed by atoms with van der Waals surface area (Å²) in [4.78, 5) is 10.5. The molecule has 4 nitrogen and oxygen atoms in total. The molecule has 0 aromatic heterocycles. The first-order chi connectivity index (χ1) is 7.15. The van der Waals surface area contributed by atoms with E-state index >= 15 is 0 Å². The average Bonchev–Trinajstić information content (AvgIpc) is 2.17. The Kier molecular flexibility index (Phi) is 2.49. The number of carboxylic acids is 1. The maximum atomic E-state index is 10.5. The highest BCUT2D eigenvalue weighted by molar-refractivity contribution is 5.67. The normalized spacial score (nSPS) is 19.1. The third kappa shape index (κ3) is 2.21. The largest absolute Gasteiger partial charge is 0.490 e. The van der Waals surface area contributed by atoms with Gasteiger partial charge in [-0.15, -0.1) is 0 Å². The van der Waals surface area contributed by atoms with Gasteiger partial charge in [0.25, 0.3) is 0 Å². The van der Waals surface area contributed by atoms with Crippen molar-refractivity contribution in [1.82, 2.24) is 0 Å². The van der Waals surface area contributed by atoms with Gasteiger partial charge >= 0.3 is 5.97 Å². The maximum absolute atomic E-state index is 10.5. The standard InChI is InChI=1S/C11H13NO3/c12-8-2-4-10-7(5-8)1-3-9(15-10)6-11(13)14/h2,4-5,9H,1,3,6,12H2,(H,13,14)/t9-/m0/s1. The summed E-state index contributed by atoms with van der Waals surface area (Å²) in [6.07, 6.45) is 1.42. The van der Waals surface area contributed by atoms with Crippen molar-refractivity contribution >= 4 is 11.7 Å². The third-order valence-corrected chi connectivity index (χ3v) is 2.52. The number of aliphatic carboxylic acids is 1. The molecule has 0 spiro atoms. The highest BCUT2D eigenvalue weighted by atomic mass is 16.5. The van der Waals surface area contributed by atoms with Crippen molar-refractivity contribution in [2.45, 2.75) is 25.4 Å². The van der Waals surface area contributed by atoms with Crippen molar-refractivity contribution in [3.8, 4) is 5.75 Å². The number of carboxylic acid groups (broad SMARTS) is 1. The van der Waals surface area contributed by atoms with Gasteiger partial charge in [0.1, 0.15) is 11.9 Å². The Balaban J connectivity index is 2.13. The van der Waals surface area contributed by atoms with E-state index in [0.29, 0.717) is 5.69 Å². The molecule has 80 valence electrons. The van der Waals surface area contributed by atoms with Crippen LogP contribution in [-0.4, -0.2) is 17.2 Å². The van der Waals surface area contributed by atoms with Gasteiger partial charge in [0.05, 0.1) is 6.42 Å². The van der Waals surface area contributed by atoms with E-state index in [9.17, 15) is 4.79 Å². The Morgan fingerprint density at radius 2 is 2.40 bits per heavy atom. The van der Waals surface area contributed by atoms with Gasteiger partial charge in [0, 0.05) is 5.69 Å². The van der Waals surface area contributed by atoms with Crippen LogP contribution in [0.1, 0.15) is 18.4 Å². The molecular formula is C11H13NO3. The van der Waals surface area contributed by atoms with Gasteiger partial charge < -0.3 is 15.6 Å². The van der Waals surface area contributed by atoms with Gasteiger partial charge in [-0.05, 0) is 36.6 Å². The second kappa shape index (κ2) is 3.81. The molecule has 0 amide bonds. The lowest BCUT2D eigenvalue weighted by molar-refractivity contribution is -0.139. The molecule has 1 atom stereocenters. The number of ether oxygens (including phenoxy) is 1. The number of aryl methyl sites for hydroxylation is 1. The fraction of sp³-hybridized carbons (Fsp3) is 0.364. The van der Waals surface area contributed by atoms with Gasteiger partial charge in [0.15, 0.2) is 0 Å². The fourth-order valence-corrected chi connectivity index (χ4v) is 1.80. The number of carbonyl (C=O) groups is 1. The van der Waals surface area contributed by atoms with Gasteiger partial charge in [-0.1, -0.05) is 0 Å². The topological polar surface area (TPSA) is 72.6 Å². The summed E-state index contributed by atoms with van der Waals surface area (Å²) in [5.41, 5.74) is 7.43. The first-order valence-corrected chi connectivity index (χ1v) is 4.92. The van der Waals surface area contributed by atoms with E-state index in [-0.39, 0.29) is 12.5 Å². The van der Waals surface area contributed by atoms with Crippen molar-refractivity contribution in [2.75, 3.05) is 5.73 Å². The number of rotatable bonds is 2. The minimum absolute atomic E-state index is 0.0593. The number of fused-ring (bicyclic) bond motifs is 1. The van der Waals surface area contributed by atoms with Crippen LogP contribution in [0.25, 0.3) is 0 Å². The second-order valence-electron chi connectivity index (χ2n) is 3.74. The lowest BCUT2D eigenvalue weighted by Gasteiger charge is -2.25. The maximum Gasteiger partial charge on any atom is 0.307 e. The number of nitrogens with two attached hydrogens (primary N) is 1. The predicted molar refractivity (Wildman–Crippen MR) is 55.8 cm³/mol. The van der Waals surface area contributed by atoms with Crippen LogP contribution in [-0.2, 0) is 11.2 Å². The molecule has 0 unspecified atom stereocenters. The Hall–Kier alpha value is -1.71. The highest BCUT2D eigenvalue weighted by Gasteiger charge is 2.21. The van der Waals surface area contributed by atoms with E-state index < -0.39 is 5.97 Å². The zero-order valence-electron chi connectivity index (χ0n) is 8.27. The van der Waals surface area contributed by atoms with Crippen molar-refractivity contribution < 1.29 is 14.6 Å². The fourth-order valence-electron chi connectivity index (χ4n) is 1.80. The molecule has 15 heavy (non-hydrogen) atoms. The summed E-state index contributed by atoms with van der Waals surface area (Å²) in [5, 5.41) is 8.66. The number of benzene rings is 1. The Labute approximate surface area is 87.7 Å². The summed E-state index contributed by atoms with van der Waals surface area (Å²) in [6.45, 7) is 0. The molecule has 0 saturated heterocycles. The zero-order chi connectivity index (χ0) is 10.8. The minimum atomic E-state index is -0.820. The molecule has 1 aliphatic rings. The predicted octanol–water partition coefficient (Wildman–Crippen LogP) is 1.44. The lowest BCUT2D eigenvalue weighted by atomic mass is 10.00. The third-order valence-electron chi connectivity index (χ3n) is 2.52. The molecule has 0 fully saturated rings. The zero-order valence-corrected chi connectivity index (χ0v) is 8.27. The van der Waals surface area contributed by atoms with Gasteiger partial charge in [-0.25, -0.2) is 0 Å². The summed E-state index contributed by atoms with van der Waals surface area (Å²) < 4.78 is 5.56. The lowest BCUT2D eigenvalue weighted by Crippen LogP contribution is -2.25. The van der Waals surface area contributed by atoms with Crippen LogP contribution in [0.4, 0.5) is 5.69 Å². The number of anilines is 1. The molecule has 4 heteroatoms. The summed E-state index contributed by atoms with van der Waals surface area (Å²) in [7, 11) is 0. The Morgan fingerprint density at radius 3 is 3.13 bits per heavy atom. The SMILES string of the molecule is Nc1ccc2c(c1)CC[C@@H](CC(=O)O)O2. The van der Waals surface area contributed by atoms with E-state index in [4.69, 9.17) is 15.6 Å². The van der Waals surface area contributed by atoms with Gasteiger partial charge in [-0.2, -0.15) is 0 Å². The summed E-state index contributed by atoms with van der Waals surface area (Å²) >= 11 is 0. The molecule has 3 N–H and O–H groups in total. The monoisotopic (exact) mass is 207 g/mol. The average molecular weight is 207 g/mol. The smallest absolute Gasteiger partial charge is 0.307 e. The molecule has 0 saturated carbocycles. The Bertz CT molecular complexity index is 389. The van der Waals surface area contributed by atoms with Gasteiger partial charge in [-0.3, -0.25) is 4.79 Å². The molecule has 0 aliphatic carbocycles. The second-order valence-corrected chi connectivity index (χ2v) is 3.74. The van der Waals surface area contributed by atoms with Crippen molar-refractivity contribution in [3.63, 3.8) is 0 Å². The minimum Gasteiger partial charge on any atom is -0.490 e. The van der Waals surface area contributed by atoms with E-state index in [2.05, 4.69) is 0 Å². The van der Waals surface area contributed by atoms with E-state index in [1.807, 2.05) is 6.07 Å². The quantitative estimate of drug-likeness (QED) is 0.720. The van der Waals surface area contributed by atoms with E-state index in [1.165, 1.54) is 0 Å². The molecular weight excluding hydrogens is 194 g/mol. The van der Waals surface area contributed by atoms with Crippen LogP contribution in [0.15, 0.2) is 18.2 Å². The van der Waals surface area contributed by atoms with Crippen molar-refractivity contribution in [1.29, 1.82) is 0 Å². The van der Waals surface area contributed by atoms with Crippen LogP contribution >= 0.6 is 0 Å². The molecule has 1 heterocycles. The van der Waals surface area contributed by atoms with Crippen LogP contribution in [0, 0.1) is 0 Å². The molecule has 1 aliphatic heterocycles. The number of hydrogen-bond donors (Lipinski definition) is 2. The van der Waals surface area contributed by atoms with E-state index in [1.54, 1.807) is 12.1 Å². The molecule has 0 radical (unpaired) electrons. The summed E-state index contributed by atoms with van der Waals surface area (Å²) in [5.74, 6) is -0.0550. The summed E-state index contributed by atoms with van der Waals surface area (Å²) in [6, 6.07) is 5.45. The van der Waals surface area contributed by atoms with Crippen molar-refractivity contribution in [3.05, 3.63) is 23.8 Å². The van der Waals surface area contributed by atoms with Crippen LogP contribution in [0.3, 0.4) is 0 Å².